The maximum atomic E-state index is 13.3. The lowest BCUT2D eigenvalue weighted by atomic mass is 9.87. The number of nitrogens with one attached hydrogen (secondary N) is 1. The molecule has 2 aromatic rings. The second-order valence-corrected chi connectivity index (χ2v) is 4.32. The third-order valence-electron chi connectivity index (χ3n) is 3.15. The predicted octanol–water partition coefficient (Wildman–Crippen LogP) is 3.43. The topological polar surface area (TPSA) is 28.7 Å². The quantitative estimate of drug-likeness (QED) is 0.796. The average molecular weight is 228 g/mol. The standard InChI is InChI=1S/C14H13FN2/c15-12-5-4-10-2-1-3-11(14(10)7-12)6-13-8-16-9-17-13/h4-9H,1-3H2,(H,16,17)/b11-6-. The maximum Gasteiger partial charge on any atom is 0.123 e. The number of hydrogen-bond acceptors (Lipinski definition) is 1. The summed E-state index contributed by atoms with van der Waals surface area (Å²) in [6.45, 7) is 0. The smallest absolute Gasteiger partial charge is 0.123 e. The van der Waals surface area contributed by atoms with Crippen LogP contribution in [-0.2, 0) is 6.42 Å². The molecule has 2 nitrogen and oxygen atoms in total. The molecule has 1 aromatic heterocycles. The van der Waals surface area contributed by atoms with Gasteiger partial charge in [-0.2, -0.15) is 0 Å². The van der Waals surface area contributed by atoms with Crippen LogP contribution in [0.15, 0.2) is 30.7 Å². The van der Waals surface area contributed by atoms with Gasteiger partial charge in [-0.3, -0.25) is 0 Å². The number of aromatic nitrogens is 2. The number of nitrogens with zero attached hydrogens (tertiary/aromatic N) is 1. The van der Waals surface area contributed by atoms with Crippen LogP contribution in [-0.4, -0.2) is 9.97 Å². The molecular weight excluding hydrogens is 215 g/mol. The lowest BCUT2D eigenvalue weighted by Gasteiger charge is -2.18. The molecule has 0 saturated heterocycles. The first-order valence-corrected chi connectivity index (χ1v) is 5.81. The molecule has 0 aliphatic heterocycles. The van der Waals surface area contributed by atoms with Gasteiger partial charge in [0, 0.05) is 6.20 Å². The number of halogens is 1. The first kappa shape index (κ1) is 10.3. The van der Waals surface area contributed by atoms with E-state index in [4.69, 9.17) is 0 Å². The molecule has 1 aliphatic rings. The van der Waals surface area contributed by atoms with Crippen molar-refractivity contribution in [1.82, 2.24) is 9.97 Å². The molecule has 0 atom stereocenters. The fourth-order valence-corrected chi connectivity index (χ4v) is 2.35. The molecule has 1 aromatic carbocycles. The van der Waals surface area contributed by atoms with E-state index in [2.05, 4.69) is 9.97 Å². The largest absolute Gasteiger partial charge is 0.351 e. The van der Waals surface area contributed by atoms with Crippen LogP contribution < -0.4 is 0 Å². The van der Waals surface area contributed by atoms with Gasteiger partial charge in [-0.05, 0) is 54.2 Å². The van der Waals surface area contributed by atoms with Crippen LogP contribution in [0.2, 0.25) is 0 Å². The van der Waals surface area contributed by atoms with Crippen LogP contribution in [0.4, 0.5) is 4.39 Å². The highest BCUT2D eigenvalue weighted by atomic mass is 19.1. The molecule has 3 rings (SSSR count). The zero-order valence-electron chi connectivity index (χ0n) is 9.41. The number of rotatable bonds is 1. The molecule has 0 radical (unpaired) electrons. The second kappa shape index (κ2) is 4.17. The Morgan fingerprint density at radius 1 is 1.29 bits per heavy atom. The van der Waals surface area contributed by atoms with Gasteiger partial charge in [-0.1, -0.05) is 6.07 Å². The molecular formula is C14H13FN2. The van der Waals surface area contributed by atoms with E-state index < -0.39 is 0 Å². The minimum Gasteiger partial charge on any atom is -0.351 e. The normalized spacial score (nSPS) is 17.1. The van der Waals surface area contributed by atoms with Gasteiger partial charge in [0.15, 0.2) is 0 Å². The molecule has 0 bridgehead atoms. The Morgan fingerprint density at radius 2 is 2.24 bits per heavy atom. The van der Waals surface area contributed by atoms with Gasteiger partial charge >= 0.3 is 0 Å². The molecule has 3 heteroatoms. The van der Waals surface area contributed by atoms with Crippen molar-refractivity contribution in [2.24, 2.45) is 0 Å². The van der Waals surface area contributed by atoms with Crippen molar-refractivity contribution in [2.75, 3.05) is 0 Å². The van der Waals surface area contributed by atoms with Gasteiger partial charge in [-0.25, -0.2) is 9.37 Å². The van der Waals surface area contributed by atoms with Crippen LogP contribution in [0.1, 0.15) is 29.7 Å². The molecule has 86 valence electrons. The third-order valence-corrected chi connectivity index (χ3v) is 3.15. The Morgan fingerprint density at radius 3 is 3.06 bits per heavy atom. The van der Waals surface area contributed by atoms with Gasteiger partial charge in [0.1, 0.15) is 5.82 Å². The number of benzene rings is 1. The summed E-state index contributed by atoms with van der Waals surface area (Å²) in [5.74, 6) is -0.168. The fraction of sp³-hybridized carbons (Fsp3) is 0.214. The van der Waals surface area contributed by atoms with Crippen molar-refractivity contribution in [2.45, 2.75) is 19.3 Å². The number of allylic oxidation sites excluding steroid dienone is 1. The van der Waals surface area contributed by atoms with E-state index in [1.807, 2.05) is 18.3 Å². The van der Waals surface area contributed by atoms with Crippen molar-refractivity contribution in [3.05, 3.63) is 53.4 Å². The van der Waals surface area contributed by atoms with Crippen LogP contribution in [0.3, 0.4) is 0 Å². The third kappa shape index (κ3) is 2.00. The number of hydrogen-bond donors (Lipinski definition) is 1. The molecule has 0 unspecified atom stereocenters. The summed E-state index contributed by atoms with van der Waals surface area (Å²) in [7, 11) is 0. The van der Waals surface area contributed by atoms with Crippen molar-refractivity contribution in [3.8, 4) is 0 Å². The van der Waals surface area contributed by atoms with E-state index in [0.717, 1.165) is 30.5 Å². The zero-order chi connectivity index (χ0) is 11.7. The van der Waals surface area contributed by atoms with Crippen molar-refractivity contribution >= 4 is 11.6 Å². The van der Waals surface area contributed by atoms with Crippen LogP contribution in [0.5, 0.6) is 0 Å². The number of H-pyrrole nitrogens is 1. The van der Waals surface area contributed by atoms with Crippen LogP contribution in [0, 0.1) is 5.82 Å². The van der Waals surface area contributed by atoms with E-state index in [9.17, 15) is 4.39 Å². The Balaban J connectivity index is 2.07. The van der Waals surface area contributed by atoms with E-state index in [1.54, 1.807) is 12.4 Å². The van der Waals surface area contributed by atoms with E-state index >= 15 is 0 Å². The van der Waals surface area contributed by atoms with Crippen molar-refractivity contribution < 1.29 is 4.39 Å². The zero-order valence-corrected chi connectivity index (χ0v) is 9.41. The van der Waals surface area contributed by atoms with Gasteiger partial charge in [0.05, 0.1) is 12.0 Å². The SMILES string of the molecule is Fc1ccc2c(c1)/C(=C\c1c[nH]cn1)CCC2. The van der Waals surface area contributed by atoms with Crippen LogP contribution >= 0.6 is 0 Å². The Labute approximate surface area is 99.2 Å². The van der Waals surface area contributed by atoms with E-state index in [-0.39, 0.29) is 5.82 Å². The Bertz CT molecular complexity index is 556. The highest BCUT2D eigenvalue weighted by Gasteiger charge is 2.14. The Hall–Kier alpha value is -1.90. The summed E-state index contributed by atoms with van der Waals surface area (Å²) >= 11 is 0. The minimum atomic E-state index is -0.168. The van der Waals surface area contributed by atoms with Crippen LogP contribution in [0.25, 0.3) is 11.6 Å². The highest BCUT2D eigenvalue weighted by molar-refractivity contribution is 5.82. The maximum absolute atomic E-state index is 13.3. The predicted molar refractivity (Wildman–Crippen MR) is 65.8 cm³/mol. The number of imidazole rings is 1. The minimum absolute atomic E-state index is 0.168. The molecule has 0 spiro atoms. The summed E-state index contributed by atoms with van der Waals surface area (Å²) in [5, 5.41) is 0. The summed E-state index contributed by atoms with van der Waals surface area (Å²) in [6.07, 6.45) is 8.68. The molecule has 0 saturated carbocycles. The van der Waals surface area contributed by atoms with Crippen molar-refractivity contribution in [1.29, 1.82) is 0 Å². The average Bonchev–Trinajstić information content (AvgIpc) is 2.83. The summed E-state index contributed by atoms with van der Waals surface area (Å²) < 4.78 is 13.3. The second-order valence-electron chi connectivity index (χ2n) is 4.32. The Kier molecular flexibility index (Phi) is 2.52. The first-order valence-electron chi connectivity index (χ1n) is 5.81. The molecule has 1 aliphatic carbocycles. The number of fused-ring (bicyclic) bond motifs is 1. The van der Waals surface area contributed by atoms with Crippen molar-refractivity contribution in [3.63, 3.8) is 0 Å². The molecule has 17 heavy (non-hydrogen) atoms. The molecule has 0 fully saturated rings. The lowest BCUT2D eigenvalue weighted by Crippen LogP contribution is -2.02. The monoisotopic (exact) mass is 228 g/mol. The summed E-state index contributed by atoms with van der Waals surface area (Å²) in [6, 6.07) is 5.06. The summed E-state index contributed by atoms with van der Waals surface area (Å²) in [4.78, 5) is 7.10. The highest BCUT2D eigenvalue weighted by Crippen LogP contribution is 2.32. The lowest BCUT2D eigenvalue weighted by molar-refractivity contribution is 0.625. The van der Waals surface area contributed by atoms with Gasteiger partial charge in [-0.15, -0.1) is 0 Å². The van der Waals surface area contributed by atoms with E-state index in [0.29, 0.717) is 0 Å². The summed E-state index contributed by atoms with van der Waals surface area (Å²) in [5.41, 5.74) is 4.36. The van der Waals surface area contributed by atoms with Gasteiger partial charge in [0.2, 0.25) is 0 Å². The fourth-order valence-electron chi connectivity index (χ4n) is 2.35. The van der Waals surface area contributed by atoms with Gasteiger partial charge < -0.3 is 4.98 Å². The number of aromatic amines is 1. The molecule has 1 N–H and O–H groups in total. The first-order chi connectivity index (χ1) is 8.33. The molecule has 1 heterocycles. The van der Waals surface area contributed by atoms with E-state index in [1.165, 1.54) is 17.2 Å². The number of aryl methyl sites for hydroxylation is 1. The molecule has 0 amide bonds. The van der Waals surface area contributed by atoms with Gasteiger partial charge in [0.25, 0.3) is 0 Å².